The predicted molar refractivity (Wildman–Crippen MR) is 187 cm³/mol. The zero-order valence-electron chi connectivity index (χ0n) is 29.8. The van der Waals surface area contributed by atoms with Crippen molar-refractivity contribution in [2.75, 3.05) is 37.7 Å². The van der Waals surface area contributed by atoms with E-state index in [0.717, 1.165) is 19.4 Å². The van der Waals surface area contributed by atoms with E-state index >= 15 is 4.39 Å². The Bertz CT molecular complexity index is 2220. The molecule has 0 amide bonds. The van der Waals surface area contributed by atoms with Gasteiger partial charge in [0.05, 0.1) is 22.6 Å². The van der Waals surface area contributed by atoms with Crippen LogP contribution in [0.3, 0.4) is 0 Å². The maximum absolute atomic E-state index is 16.7. The Morgan fingerprint density at radius 1 is 1.03 bits per heavy atom. The Hall–Kier alpha value is -5.66. The maximum Gasteiger partial charge on any atom is 0.490 e. The van der Waals surface area contributed by atoms with Crippen LogP contribution in [0.1, 0.15) is 31.2 Å². The Morgan fingerprint density at radius 2 is 1.69 bits per heavy atom. The van der Waals surface area contributed by atoms with Crippen LogP contribution in [0.15, 0.2) is 30.5 Å². The molecular weight excluding hydrogens is 799 g/mol. The lowest BCUT2D eigenvalue weighted by Crippen LogP contribution is -2.49. The summed E-state index contributed by atoms with van der Waals surface area (Å²) in [6.45, 7) is 1.79. The smallest absolute Gasteiger partial charge is 0.490 e. The largest absolute Gasteiger partial charge is 0.508 e. The lowest BCUT2D eigenvalue weighted by molar-refractivity contribution is -0.193. The fourth-order valence-electron chi connectivity index (χ4n) is 7.20. The number of aliphatic carboxylic acids is 2. The first kappa shape index (κ1) is 43.5. The van der Waals surface area contributed by atoms with Gasteiger partial charge in [-0.1, -0.05) is 12.0 Å². The third-order valence-electron chi connectivity index (χ3n) is 9.57. The van der Waals surface area contributed by atoms with Crippen LogP contribution in [0, 0.1) is 24.0 Å². The minimum atomic E-state index is -5.08. The van der Waals surface area contributed by atoms with Gasteiger partial charge in [-0.05, 0) is 49.4 Å². The number of benzene rings is 2. The van der Waals surface area contributed by atoms with Crippen LogP contribution in [0.25, 0.3) is 32.9 Å². The highest BCUT2D eigenvalue weighted by atomic mass is 19.4. The van der Waals surface area contributed by atoms with Gasteiger partial charge in [0.25, 0.3) is 0 Å². The Kier molecular flexibility index (Phi) is 12.5. The number of aliphatic hydroxyl groups excluding tert-OH is 1. The van der Waals surface area contributed by atoms with Crippen molar-refractivity contribution in [3.63, 3.8) is 0 Å². The summed E-state index contributed by atoms with van der Waals surface area (Å²) in [6, 6.07) is 4.85. The van der Waals surface area contributed by atoms with Crippen LogP contribution >= 0.6 is 0 Å². The van der Waals surface area contributed by atoms with E-state index in [0.29, 0.717) is 31.3 Å². The second-order valence-electron chi connectivity index (χ2n) is 13.7. The molecule has 0 unspecified atom stereocenters. The number of aromatic hydroxyl groups is 1. The van der Waals surface area contributed by atoms with E-state index in [1.807, 2.05) is 0 Å². The number of aliphatic hydroxyl groups is 1. The molecule has 5 heterocycles. The van der Waals surface area contributed by atoms with Crippen molar-refractivity contribution < 1.29 is 74.3 Å². The number of alkyl halides is 7. The molecule has 312 valence electrons. The van der Waals surface area contributed by atoms with Gasteiger partial charge in [-0.3, -0.25) is 9.88 Å². The summed E-state index contributed by atoms with van der Waals surface area (Å²) >= 11 is 0. The zero-order chi connectivity index (χ0) is 42.9. The number of rotatable bonds is 5. The molecule has 22 heteroatoms. The number of halogens is 9. The first-order valence-electron chi connectivity index (χ1n) is 17.1. The van der Waals surface area contributed by atoms with Crippen LogP contribution in [0.5, 0.6) is 11.8 Å². The quantitative estimate of drug-likeness (QED) is 0.134. The Labute approximate surface area is 321 Å². The van der Waals surface area contributed by atoms with E-state index < -0.39 is 53.7 Å². The number of hydrogen-bond acceptors (Lipinski definition) is 11. The molecular formula is C36H33F9N6O7. The van der Waals surface area contributed by atoms with E-state index in [1.54, 1.807) is 4.90 Å². The van der Waals surface area contributed by atoms with E-state index in [1.165, 1.54) is 30.5 Å². The molecule has 58 heavy (non-hydrogen) atoms. The van der Waals surface area contributed by atoms with E-state index in [4.69, 9.17) is 36.7 Å². The number of phenols is 1. The van der Waals surface area contributed by atoms with Gasteiger partial charge in [-0.15, -0.1) is 6.42 Å². The van der Waals surface area contributed by atoms with Crippen molar-refractivity contribution in [2.45, 2.75) is 61.9 Å². The number of carboxylic acids is 2. The molecule has 2 aromatic heterocycles. The maximum atomic E-state index is 16.7. The monoisotopic (exact) mass is 832 g/mol. The normalized spacial score (nSPS) is 22.0. The van der Waals surface area contributed by atoms with Gasteiger partial charge in [0.1, 0.15) is 41.4 Å². The predicted octanol–water partition coefficient (Wildman–Crippen LogP) is 4.93. The average Bonchev–Trinajstić information content (AvgIpc) is 3.65. The van der Waals surface area contributed by atoms with Crippen molar-refractivity contribution in [1.82, 2.24) is 19.9 Å². The van der Waals surface area contributed by atoms with Crippen molar-refractivity contribution >= 4 is 39.4 Å². The van der Waals surface area contributed by atoms with E-state index in [-0.39, 0.29) is 69.9 Å². The summed E-state index contributed by atoms with van der Waals surface area (Å²) in [5.74, 6) is -4.61. The minimum absolute atomic E-state index is 0.0883. The second kappa shape index (κ2) is 16.7. The summed E-state index contributed by atoms with van der Waals surface area (Å²) in [6.07, 6.45) is -2.39. The lowest BCUT2D eigenvalue weighted by atomic mass is 9.95. The molecule has 3 fully saturated rings. The first-order valence-corrected chi connectivity index (χ1v) is 17.1. The van der Waals surface area contributed by atoms with Gasteiger partial charge in [-0.2, -0.15) is 36.3 Å². The zero-order valence-corrected chi connectivity index (χ0v) is 29.8. The van der Waals surface area contributed by atoms with Crippen molar-refractivity contribution in [3.05, 3.63) is 47.7 Å². The molecule has 6 N–H and O–H groups in total. The number of hydrogen-bond donors (Lipinski definition) is 5. The number of phenolic OH excluding ortho intramolecular Hbond substituents is 1. The van der Waals surface area contributed by atoms with Gasteiger partial charge in [0.15, 0.2) is 5.82 Å². The number of nitrogens with zero attached hydrogens (tertiary/aromatic N) is 5. The highest BCUT2D eigenvalue weighted by Gasteiger charge is 2.49. The van der Waals surface area contributed by atoms with Crippen LogP contribution in [0.2, 0.25) is 0 Å². The van der Waals surface area contributed by atoms with E-state index in [9.17, 15) is 45.3 Å². The number of pyridine rings is 1. The molecule has 3 aliphatic heterocycles. The first-order chi connectivity index (χ1) is 27.0. The number of anilines is 1. The van der Waals surface area contributed by atoms with Crippen LogP contribution < -0.4 is 15.4 Å². The fraction of sp³-hybridized carbons (Fsp3) is 0.417. The molecule has 0 radical (unpaired) electrons. The van der Waals surface area contributed by atoms with Crippen molar-refractivity contribution in [2.24, 2.45) is 5.73 Å². The number of terminal acetylenes is 1. The van der Waals surface area contributed by atoms with Gasteiger partial charge in [0, 0.05) is 49.2 Å². The van der Waals surface area contributed by atoms with Crippen LogP contribution in [-0.4, -0.2) is 121 Å². The molecule has 4 aromatic rings. The molecule has 0 spiro atoms. The molecule has 0 bridgehead atoms. The van der Waals surface area contributed by atoms with Gasteiger partial charge in [0.2, 0.25) is 0 Å². The molecule has 0 saturated carbocycles. The van der Waals surface area contributed by atoms with Gasteiger partial charge in [-0.25, -0.2) is 22.8 Å². The lowest BCUT2D eigenvalue weighted by Gasteiger charge is -2.35. The van der Waals surface area contributed by atoms with Gasteiger partial charge >= 0.3 is 30.3 Å². The number of ether oxygens (including phenoxy) is 1. The van der Waals surface area contributed by atoms with Crippen LogP contribution in [0.4, 0.5) is 45.3 Å². The number of aromatic nitrogens is 3. The number of carbonyl (C=O) groups is 2. The number of nitrogens with two attached hydrogens (primary N) is 1. The molecule has 3 aliphatic rings. The Balaban J connectivity index is 0.000000393. The average molecular weight is 833 g/mol. The highest BCUT2D eigenvalue weighted by Crippen LogP contribution is 2.42. The standard InChI is InChI=1S/C32H31F3N6O3.2C2HF3O2/c1-2-22-25(34)5-4-17-8-20(42)10-23(26(17)22)28-27(35)29-24(12-37-28)30(40-14-19(36)9-21(43)15-40)39-31(38-29)44-16-32-6-3-7-41(32)13-18(33)11-32;2*3-2(4,5)1(6)7/h1,4-5,8,10,12,18-19,21,42-43H,3,6-7,9,11,13-16,36H2;2*(H,6,7)/t18-,19-,21-,32+;;/m1../s1. The summed E-state index contributed by atoms with van der Waals surface area (Å²) in [7, 11) is 0. The van der Waals surface area contributed by atoms with Crippen molar-refractivity contribution in [1.29, 1.82) is 0 Å². The molecule has 3 saturated heterocycles. The topological polar surface area (TPSA) is 195 Å². The van der Waals surface area contributed by atoms with Crippen LogP contribution in [-0.2, 0) is 9.59 Å². The SMILES string of the molecule is C#Cc1c(F)ccc2cc(O)cc(-c3ncc4c(N5C[C@H](N)C[C@@H](O)C5)nc(OC[C@@]56CCCN5C[C@H](F)C6)nc4c3F)c12.O=C(O)C(F)(F)F.O=C(O)C(F)(F)F. The molecule has 7 rings (SSSR count). The number of fused-ring (bicyclic) bond motifs is 3. The molecule has 2 aromatic carbocycles. The van der Waals surface area contributed by atoms with Gasteiger partial charge < -0.3 is 35.8 Å². The highest BCUT2D eigenvalue weighted by molar-refractivity contribution is 6.03. The number of carboxylic acid groups (broad SMARTS) is 2. The number of β-amino-alcohol motifs (C(OH)–C–C–N with tert-alkyl or cyclic N) is 1. The summed E-state index contributed by atoms with van der Waals surface area (Å²) in [5, 5.41) is 36.1. The molecule has 13 nitrogen and oxygen atoms in total. The second-order valence-corrected chi connectivity index (χ2v) is 13.7. The minimum Gasteiger partial charge on any atom is -0.508 e. The van der Waals surface area contributed by atoms with Crippen molar-refractivity contribution in [3.8, 4) is 35.4 Å². The third-order valence-corrected chi connectivity index (χ3v) is 9.57. The molecule has 4 atom stereocenters. The Morgan fingerprint density at radius 3 is 2.29 bits per heavy atom. The summed E-state index contributed by atoms with van der Waals surface area (Å²) in [5.41, 5.74) is 5.38. The molecule has 0 aliphatic carbocycles. The summed E-state index contributed by atoms with van der Waals surface area (Å²) < 4.78 is 115. The third kappa shape index (κ3) is 9.37. The number of piperidine rings is 1. The van der Waals surface area contributed by atoms with E-state index in [2.05, 4.69) is 25.8 Å². The summed E-state index contributed by atoms with van der Waals surface area (Å²) in [4.78, 5) is 35.1. The fourth-order valence-corrected chi connectivity index (χ4v) is 7.20.